The van der Waals surface area contributed by atoms with Crippen molar-refractivity contribution in [3.63, 3.8) is 0 Å². The predicted molar refractivity (Wildman–Crippen MR) is 138 cm³/mol. The van der Waals surface area contributed by atoms with Crippen molar-refractivity contribution in [3.8, 4) is 0 Å². The van der Waals surface area contributed by atoms with Crippen LogP contribution in [0.2, 0.25) is 0 Å². The average Bonchev–Trinajstić information content (AvgIpc) is 2.69. The molecule has 0 aliphatic heterocycles. The molecule has 0 saturated heterocycles. The zero-order chi connectivity index (χ0) is 23.9. The maximum Gasteiger partial charge on any atom is 0.309 e. The Labute approximate surface area is 193 Å². The normalized spacial score (nSPS) is 13.6. The number of fused-ring (bicyclic) bond motifs is 3. The van der Waals surface area contributed by atoms with Crippen molar-refractivity contribution >= 4 is 47.4 Å². The van der Waals surface area contributed by atoms with Gasteiger partial charge in [0.15, 0.2) is 0 Å². The third kappa shape index (κ3) is 4.74. The Morgan fingerprint density at radius 1 is 0.531 bits per heavy atom. The molecule has 0 unspecified atom stereocenters. The van der Waals surface area contributed by atoms with Crippen LogP contribution < -0.4 is 10.9 Å². The van der Waals surface area contributed by atoms with Gasteiger partial charge in [0.05, 0.1) is 22.4 Å². The van der Waals surface area contributed by atoms with Crippen LogP contribution in [-0.2, 0) is 9.31 Å². The second-order valence-electron chi connectivity index (χ2n) is 10.8. The molecule has 6 heteroatoms. The van der Waals surface area contributed by atoms with E-state index in [1.165, 1.54) is 0 Å². The molecule has 0 heterocycles. The van der Waals surface area contributed by atoms with E-state index in [-0.39, 0.29) is 0 Å². The first kappa shape index (κ1) is 24.8. The van der Waals surface area contributed by atoms with Gasteiger partial charge in [0, 0.05) is 0 Å². The van der Waals surface area contributed by atoms with Gasteiger partial charge in [-0.1, -0.05) is 48.5 Å². The van der Waals surface area contributed by atoms with Crippen molar-refractivity contribution in [2.75, 3.05) is 0 Å². The van der Waals surface area contributed by atoms with Crippen LogP contribution in [-0.4, -0.2) is 47.6 Å². The van der Waals surface area contributed by atoms with Crippen LogP contribution in [0, 0.1) is 0 Å². The maximum atomic E-state index is 10.6. The highest BCUT2D eigenvalue weighted by molar-refractivity contribution is 6.67. The van der Waals surface area contributed by atoms with Gasteiger partial charge in [0.1, 0.15) is 0 Å². The van der Waals surface area contributed by atoms with E-state index in [9.17, 15) is 10.2 Å². The minimum atomic E-state index is -1.00. The van der Waals surface area contributed by atoms with Crippen LogP contribution in [0.5, 0.6) is 0 Å². The Morgan fingerprint density at radius 2 is 0.812 bits per heavy atom. The van der Waals surface area contributed by atoms with Crippen LogP contribution in [0.1, 0.15) is 55.4 Å². The monoisotopic (exact) mass is 434 g/mol. The molecule has 3 rings (SSSR count). The molecule has 0 radical (unpaired) electrons. The smallest absolute Gasteiger partial charge is 0.309 e. The highest BCUT2D eigenvalue weighted by Crippen LogP contribution is 2.28. The highest BCUT2D eigenvalue weighted by Gasteiger charge is 2.38. The SMILES string of the molecule is CC(C)(O)C(C)(C)OBc1c(BOC(C)(C)C(C)(C)O)c2ccccc2c2ccccc12. The van der Waals surface area contributed by atoms with Crippen molar-refractivity contribution < 1.29 is 19.5 Å². The summed E-state index contributed by atoms with van der Waals surface area (Å²) in [6.07, 6.45) is 0. The standard InChI is InChI=1S/C26H36B2O4/c1-23(2,29)25(5,6)31-27-21-19-15-11-9-13-17(19)18-14-10-12-16-20(18)22(21)28-32-26(7,8)24(3,4)30/h9-16,27-30H,1-8H3. The number of hydrogen-bond acceptors (Lipinski definition) is 4. The minimum Gasteiger partial charge on any atom is -0.427 e. The van der Waals surface area contributed by atoms with Crippen LogP contribution in [0.4, 0.5) is 0 Å². The minimum absolute atomic E-state index is 0.337. The first-order valence-corrected chi connectivity index (χ1v) is 11.3. The summed E-state index contributed by atoms with van der Waals surface area (Å²) in [5.74, 6) is 0. The average molecular weight is 434 g/mol. The summed E-state index contributed by atoms with van der Waals surface area (Å²) in [5.41, 5.74) is -1.40. The van der Waals surface area contributed by atoms with Gasteiger partial charge in [0.2, 0.25) is 0 Å². The highest BCUT2D eigenvalue weighted by atomic mass is 16.5. The van der Waals surface area contributed by atoms with E-state index in [1.807, 2.05) is 52.0 Å². The quantitative estimate of drug-likeness (QED) is 0.423. The summed E-state index contributed by atoms with van der Waals surface area (Å²) in [4.78, 5) is 0. The molecule has 0 bridgehead atoms. The lowest BCUT2D eigenvalue weighted by Crippen LogP contribution is -2.53. The van der Waals surface area contributed by atoms with Gasteiger partial charge in [0.25, 0.3) is 0 Å². The van der Waals surface area contributed by atoms with Crippen molar-refractivity contribution in [1.29, 1.82) is 0 Å². The van der Waals surface area contributed by atoms with Crippen LogP contribution in [0.15, 0.2) is 48.5 Å². The second-order valence-corrected chi connectivity index (χ2v) is 10.8. The Bertz CT molecular complexity index is 1020. The Morgan fingerprint density at radius 3 is 1.09 bits per heavy atom. The van der Waals surface area contributed by atoms with Gasteiger partial charge in [-0.25, -0.2) is 0 Å². The fraction of sp³-hybridized carbons (Fsp3) is 0.462. The molecule has 0 aromatic heterocycles. The Balaban J connectivity index is 2.17. The molecule has 0 spiro atoms. The molecule has 32 heavy (non-hydrogen) atoms. The molecule has 0 aliphatic carbocycles. The van der Waals surface area contributed by atoms with E-state index in [2.05, 4.69) is 24.3 Å². The zero-order valence-corrected chi connectivity index (χ0v) is 20.7. The van der Waals surface area contributed by atoms with Gasteiger partial charge in [-0.05, 0) is 87.9 Å². The summed E-state index contributed by atoms with van der Waals surface area (Å²) in [6, 6.07) is 16.7. The molecule has 3 aromatic rings. The largest absolute Gasteiger partial charge is 0.427 e. The lowest BCUT2D eigenvalue weighted by Gasteiger charge is -2.39. The van der Waals surface area contributed by atoms with E-state index >= 15 is 0 Å². The first-order chi connectivity index (χ1) is 14.7. The molecule has 0 atom stereocenters. The van der Waals surface area contributed by atoms with Gasteiger partial charge in [-0.3, -0.25) is 0 Å². The second kappa shape index (κ2) is 8.49. The van der Waals surface area contributed by atoms with Crippen LogP contribution in [0.25, 0.3) is 21.5 Å². The van der Waals surface area contributed by atoms with Gasteiger partial charge >= 0.3 is 15.0 Å². The van der Waals surface area contributed by atoms with Crippen LogP contribution >= 0.6 is 0 Å². The predicted octanol–water partition coefficient (Wildman–Crippen LogP) is 3.08. The van der Waals surface area contributed by atoms with Gasteiger partial charge in [-0.2, -0.15) is 0 Å². The van der Waals surface area contributed by atoms with E-state index in [0.717, 1.165) is 32.5 Å². The molecule has 3 aromatic carbocycles. The number of aliphatic hydroxyl groups is 2. The van der Waals surface area contributed by atoms with Gasteiger partial charge in [-0.15, -0.1) is 0 Å². The summed E-state index contributed by atoms with van der Waals surface area (Å²) in [6.45, 7) is 14.7. The number of hydrogen-bond donors (Lipinski definition) is 2. The molecule has 170 valence electrons. The molecule has 0 aliphatic rings. The molecular weight excluding hydrogens is 398 g/mol. The topological polar surface area (TPSA) is 58.9 Å². The van der Waals surface area contributed by atoms with E-state index in [4.69, 9.17) is 9.31 Å². The van der Waals surface area contributed by atoms with E-state index in [1.54, 1.807) is 27.7 Å². The van der Waals surface area contributed by atoms with Crippen molar-refractivity contribution in [2.45, 2.75) is 77.8 Å². The molecule has 0 fully saturated rings. The van der Waals surface area contributed by atoms with Crippen molar-refractivity contribution in [3.05, 3.63) is 48.5 Å². The lowest BCUT2D eigenvalue weighted by molar-refractivity contribution is -0.0896. The zero-order valence-electron chi connectivity index (χ0n) is 20.7. The van der Waals surface area contributed by atoms with E-state index < -0.39 is 22.4 Å². The number of rotatable bonds is 8. The van der Waals surface area contributed by atoms with Crippen molar-refractivity contribution in [1.82, 2.24) is 0 Å². The lowest BCUT2D eigenvalue weighted by atomic mass is 9.67. The first-order valence-electron chi connectivity index (χ1n) is 11.3. The third-order valence-corrected chi connectivity index (χ3v) is 7.26. The molecule has 0 saturated carbocycles. The summed E-state index contributed by atoms with van der Waals surface area (Å²) >= 11 is 0. The summed E-state index contributed by atoms with van der Waals surface area (Å²) in [7, 11) is 0.675. The Hall–Kier alpha value is -1.85. The summed E-state index contributed by atoms with van der Waals surface area (Å²) < 4.78 is 12.6. The molecule has 4 nitrogen and oxygen atoms in total. The van der Waals surface area contributed by atoms with Crippen LogP contribution in [0.3, 0.4) is 0 Å². The number of benzene rings is 3. The third-order valence-electron chi connectivity index (χ3n) is 7.26. The van der Waals surface area contributed by atoms with E-state index in [0.29, 0.717) is 15.0 Å². The molecule has 0 amide bonds. The Kier molecular flexibility index (Phi) is 6.58. The van der Waals surface area contributed by atoms with Gasteiger partial charge < -0.3 is 19.5 Å². The molecule has 2 N–H and O–H groups in total. The maximum absolute atomic E-state index is 10.6. The fourth-order valence-corrected chi connectivity index (χ4v) is 3.48. The molecular formula is C26H36B2O4. The van der Waals surface area contributed by atoms with Crippen molar-refractivity contribution in [2.24, 2.45) is 0 Å². The fourth-order valence-electron chi connectivity index (χ4n) is 3.48. The summed E-state index contributed by atoms with van der Waals surface area (Å²) in [5, 5.41) is 25.7.